The Morgan fingerprint density at radius 2 is 1.96 bits per heavy atom. The molecule has 0 aliphatic carbocycles. The van der Waals surface area contributed by atoms with E-state index in [1.54, 1.807) is 30.8 Å². The second kappa shape index (κ2) is 8.76. The van der Waals surface area contributed by atoms with Gasteiger partial charge in [0.2, 0.25) is 0 Å². The van der Waals surface area contributed by atoms with E-state index in [4.69, 9.17) is 4.74 Å². The predicted molar refractivity (Wildman–Crippen MR) is 92.7 cm³/mol. The van der Waals surface area contributed by atoms with Gasteiger partial charge in [0.05, 0.1) is 10.5 Å². The van der Waals surface area contributed by atoms with Crippen molar-refractivity contribution in [2.45, 2.75) is 57.8 Å². The fourth-order valence-electron chi connectivity index (χ4n) is 1.94. The highest BCUT2D eigenvalue weighted by molar-refractivity contribution is 7.99. The van der Waals surface area contributed by atoms with Gasteiger partial charge < -0.3 is 10.1 Å². The molecule has 1 aromatic carbocycles. The molecule has 0 saturated carbocycles. The van der Waals surface area contributed by atoms with Crippen molar-refractivity contribution in [1.82, 2.24) is 5.32 Å². The number of benzene rings is 1. The third kappa shape index (κ3) is 6.48. The molecule has 0 aromatic heterocycles. The Labute approximate surface area is 141 Å². The van der Waals surface area contributed by atoms with Gasteiger partial charge in [0.1, 0.15) is 6.10 Å². The molecule has 7 heteroatoms. The second-order valence-corrected chi connectivity index (χ2v) is 7.42. The Hall–Kier alpha value is -1.76. The van der Waals surface area contributed by atoms with E-state index in [1.165, 1.54) is 0 Å². The molecular weight excluding hydrogens is 316 g/mol. The van der Waals surface area contributed by atoms with Crippen LogP contribution in [0, 0.1) is 10.1 Å². The molecule has 0 saturated heterocycles. The number of nitrogens with zero attached hydrogens (tertiary/aromatic N) is 1. The van der Waals surface area contributed by atoms with Gasteiger partial charge in [0.15, 0.2) is 0 Å². The number of carbonyl (C=O) groups is 1. The van der Waals surface area contributed by atoms with E-state index in [0.29, 0.717) is 16.6 Å². The quantitative estimate of drug-likeness (QED) is 0.586. The fraction of sp³-hybridized carbons (Fsp3) is 0.562. The number of thioether (sulfide) groups is 1. The van der Waals surface area contributed by atoms with Gasteiger partial charge in [-0.15, -0.1) is 0 Å². The molecule has 0 bridgehead atoms. The third-order valence-electron chi connectivity index (χ3n) is 3.00. The van der Waals surface area contributed by atoms with Crippen LogP contribution in [0.1, 0.15) is 51.8 Å². The zero-order chi connectivity index (χ0) is 17.6. The molecule has 1 N–H and O–H groups in total. The van der Waals surface area contributed by atoms with E-state index >= 15 is 0 Å². The number of alkyl carbamates (subject to hydrolysis) is 1. The van der Waals surface area contributed by atoms with Gasteiger partial charge in [-0.2, -0.15) is 11.8 Å². The molecule has 0 aliphatic heterocycles. The van der Waals surface area contributed by atoms with Crippen molar-refractivity contribution in [3.63, 3.8) is 0 Å². The second-order valence-electron chi connectivity index (χ2n) is 5.86. The lowest BCUT2D eigenvalue weighted by Crippen LogP contribution is -2.31. The Balaban J connectivity index is 2.92. The van der Waals surface area contributed by atoms with Crippen LogP contribution in [0.5, 0.6) is 0 Å². The van der Waals surface area contributed by atoms with Crippen molar-refractivity contribution in [2.75, 3.05) is 0 Å². The first-order valence-electron chi connectivity index (χ1n) is 7.56. The summed E-state index contributed by atoms with van der Waals surface area (Å²) in [4.78, 5) is 22.5. The number of hydrogen-bond acceptors (Lipinski definition) is 5. The molecule has 1 amide bonds. The van der Waals surface area contributed by atoms with E-state index in [2.05, 4.69) is 19.2 Å². The van der Waals surface area contributed by atoms with Crippen molar-refractivity contribution >= 4 is 23.5 Å². The summed E-state index contributed by atoms with van der Waals surface area (Å²) < 4.78 is 5.22. The Morgan fingerprint density at radius 1 is 1.30 bits per heavy atom. The summed E-state index contributed by atoms with van der Waals surface area (Å²) in [6.07, 6.45) is -1.28. The number of nitrogens with one attached hydrogen (secondary N) is 1. The monoisotopic (exact) mass is 340 g/mol. The Morgan fingerprint density at radius 3 is 2.48 bits per heavy atom. The number of amides is 1. The molecule has 23 heavy (non-hydrogen) atoms. The van der Waals surface area contributed by atoms with Crippen LogP contribution in [0.15, 0.2) is 18.2 Å². The topological polar surface area (TPSA) is 81.5 Å². The van der Waals surface area contributed by atoms with E-state index in [9.17, 15) is 14.9 Å². The van der Waals surface area contributed by atoms with Gasteiger partial charge in [-0.3, -0.25) is 10.1 Å². The first kappa shape index (κ1) is 19.3. The van der Waals surface area contributed by atoms with Crippen molar-refractivity contribution in [3.8, 4) is 0 Å². The number of hydrogen-bond donors (Lipinski definition) is 1. The third-order valence-corrected chi connectivity index (χ3v) is 4.17. The number of carbonyl (C=O) groups excluding carboxylic acids is 1. The summed E-state index contributed by atoms with van der Waals surface area (Å²) in [6, 6.07) is 5.02. The summed E-state index contributed by atoms with van der Waals surface area (Å²) >= 11 is 1.72. The first-order chi connectivity index (χ1) is 10.7. The standard InChI is InChI=1S/C16H24N2O4S/c1-10(2)17-16(19)22-12(5)14-7-6-13(9-23-11(3)4)8-15(14)18(20)21/h6-8,10-12H,9H2,1-5H3,(H,17,19). The molecule has 0 radical (unpaired) electrons. The highest BCUT2D eigenvalue weighted by Crippen LogP contribution is 2.30. The van der Waals surface area contributed by atoms with E-state index in [0.717, 1.165) is 5.56 Å². The van der Waals surface area contributed by atoms with Crippen LogP contribution in [-0.4, -0.2) is 22.3 Å². The maximum absolute atomic E-state index is 11.7. The summed E-state index contributed by atoms with van der Waals surface area (Å²) in [5.41, 5.74) is 1.27. The van der Waals surface area contributed by atoms with E-state index < -0.39 is 17.1 Å². The molecule has 128 valence electrons. The summed E-state index contributed by atoms with van der Waals surface area (Å²) in [7, 11) is 0. The number of ether oxygens (including phenoxy) is 1. The molecule has 0 heterocycles. The fourth-order valence-corrected chi connectivity index (χ4v) is 2.64. The molecular formula is C16H24N2O4S. The van der Waals surface area contributed by atoms with Gasteiger partial charge in [-0.1, -0.05) is 19.9 Å². The zero-order valence-corrected chi connectivity index (χ0v) is 15.0. The summed E-state index contributed by atoms with van der Waals surface area (Å²) in [5.74, 6) is 0.710. The molecule has 1 atom stereocenters. The minimum absolute atomic E-state index is 0.0169. The van der Waals surface area contributed by atoms with Crippen molar-refractivity contribution in [2.24, 2.45) is 0 Å². The van der Waals surface area contributed by atoms with Crippen LogP contribution < -0.4 is 5.32 Å². The lowest BCUT2D eigenvalue weighted by molar-refractivity contribution is -0.386. The molecule has 6 nitrogen and oxygen atoms in total. The van der Waals surface area contributed by atoms with Gasteiger partial charge in [-0.05, 0) is 37.7 Å². The minimum Gasteiger partial charge on any atom is -0.441 e. The van der Waals surface area contributed by atoms with Crippen molar-refractivity contribution in [1.29, 1.82) is 0 Å². The molecule has 0 fully saturated rings. The molecule has 1 rings (SSSR count). The van der Waals surface area contributed by atoms with Gasteiger partial charge >= 0.3 is 6.09 Å². The average Bonchev–Trinajstić information content (AvgIpc) is 2.43. The van der Waals surface area contributed by atoms with Gasteiger partial charge in [0, 0.05) is 17.9 Å². The number of rotatable bonds is 7. The minimum atomic E-state index is -0.694. The summed E-state index contributed by atoms with van der Waals surface area (Å²) in [6.45, 7) is 9.42. The maximum atomic E-state index is 11.7. The smallest absolute Gasteiger partial charge is 0.407 e. The Kier molecular flexibility index (Phi) is 7.35. The molecule has 1 unspecified atom stereocenters. The highest BCUT2D eigenvalue weighted by atomic mass is 32.2. The van der Waals surface area contributed by atoms with E-state index in [1.807, 2.05) is 19.9 Å². The Bertz CT molecular complexity index is 561. The van der Waals surface area contributed by atoms with Crippen molar-refractivity contribution in [3.05, 3.63) is 39.4 Å². The van der Waals surface area contributed by atoms with Crippen LogP contribution in [0.2, 0.25) is 0 Å². The van der Waals surface area contributed by atoms with E-state index in [-0.39, 0.29) is 11.7 Å². The largest absolute Gasteiger partial charge is 0.441 e. The molecule has 0 aliphatic rings. The van der Waals surface area contributed by atoms with Gasteiger partial charge in [0.25, 0.3) is 5.69 Å². The molecule has 1 aromatic rings. The first-order valence-corrected chi connectivity index (χ1v) is 8.61. The average molecular weight is 340 g/mol. The van der Waals surface area contributed by atoms with Crippen LogP contribution in [0.25, 0.3) is 0 Å². The SMILES string of the molecule is CC(C)NC(=O)OC(C)c1ccc(CSC(C)C)cc1[N+](=O)[O-]. The summed E-state index contributed by atoms with van der Waals surface area (Å²) in [5, 5.41) is 14.4. The predicted octanol–water partition coefficient (Wildman–Crippen LogP) is 4.43. The van der Waals surface area contributed by atoms with Crippen molar-refractivity contribution < 1.29 is 14.5 Å². The number of nitro benzene ring substituents is 1. The zero-order valence-electron chi connectivity index (χ0n) is 14.2. The van der Waals surface area contributed by atoms with Crippen LogP contribution in [0.4, 0.5) is 10.5 Å². The lowest BCUT2D eigenvalue weighted by atomic mass is 10.1. The lowest BCUT2D eigenvalue weighted by Gasteiger charge is -2.16. The normalized spacial score (nSPS) is 12.3. The van der Waals surface area contributed by atoms with Crippen LogP contribution >= 0.6 is 11.8 Å². The maximum Gasteiger partial charge on any atom is 0.407 e. The molecule has 0 spiro atoms. The van der Waals surface area contributed by atoms with Crippen LogP contribution in [0.3, 0.4) is 0 Å². The van der Waals surface area contributed by atoms with Crippen LogP contribution in [-0.2, 0) is 10.5 Å². The number of nitro groups is 1. The van der Waals surface area contributed by atoms with Gasteiger partial charge in [-0.25, -0.2) is 4.79 Å². The highest BCUT2D eigenvalue weighted by Gasteiger charge is 2.22.